The molecule has 0 spiro atoms. The molecule has 0 fully saturated rings. The lowest BCUT2D eigenvalue weighted by atomic mass is 9.65. The summed E-state index contributed by atoms with van der Waals surface area (Å²) in [6.07, 6.45) is -9.42. The summed E-state index contributed by atoms with van der Waals surface area (Å²) < 4.78 is 237. The smallest absolute Gasteiger partial charge is 0.460 e. The SMILES string of the molecule is CCC(C)CC(CC(CCO)(c1ccccc1)c1ccc(OCCCC(F)(F)C(F)(F)C(F)(F)C(F)(F)C(F)(F)C(F)(F)C(F)(F)C(F)(F)F)cc1)c1ccccc1. The molecule has 0 radical (unpaired) electrons. The molecule has 3 rings (SSSR count). The van der Waals surface area contributed by atoms with Crippen LogP contribution in [0.4, 0.5) is 74.6 Å². The Morgan fingerprint density at radius 1 is 0.552 bits per heavy atom. The fraction of sp³-hybridized carbons (Fsp3) is 0.538. The van der Waals surface area contributed by atoms with Crippen molar-refractivity contribution in [2.45, 2.75) is 111 Å². The van der Waals surface area contributed by atoms with Gasteiger partial charge in [-0.25, -0.2) is 0 Å². The predicted octanol–water partition coefficient (Wildman–Crippen LogP) is 13.1. The maximum atomic E-state index is 14.4. The highest BCUT2D eigenvalue weighted by atomic mass is 19.4. The van der Waals surface area contributed by atoms with Crippen LogP contribution in [0.3, 0.4) is 0 Å². The quantitative estimate of drug-likeness (QED) is 0.0854. The Hall–Kier alpha value is -3.77. The highest BCUT2D eigenvalue weighted by Gasteiger charge is 2.95. The first kappa shape index (κ1) is 48.6. The predicted molar refractivity (Wildman–Crippen MR) is 179 cm³/mol. The van der Waals surface area contributed by atoms with Crippen molar-refractivity contribution in [3.8, 4) is 5.75 Å². The van der Waals surface area contributed by atoms with E-state index in [1.807, 2.05) is 49.4 Å². The zero-order valence-electron chi connectivity index (χ0n) is 30.7. The molecule has 3 aromatic rings. The van der Waals surface area contributed by atoms with Crippen molar-refractivity contribution in [2.75, 3.05) is 13.2 Å². The van der Waals surface area contributed by atoms with Crippen LogP contribution in [0.15, 0.2) is 84.9 Å². The molecule has 0 aliphatic carbocycles. The van der Waals surface area contributed by atoms with Gasteiger partial charge in [0.15, 0.2) is 0 Å². The van der Waals surface area contributed by atoms with Crippen LogP contribution < -0.4 is 4.74 Å². The van der Waals surface area contributed by atoms with Gasteiger partial charge in [-0.1, -0.05) is 93.1 Å². The standard InChI is InChI=1S/C39H39F17O2/c1-3-25(2)23-27(26-11-6-4-7-12-26)24-31(20-21-57,28-13-8-5-9-14-28)29-15-17-30(18-16-29)58-22-10-19-32(40,41)33(42,43)34(44,45)35(46,47)36(48,49)37(50,51)38(52,53)39(54,55)56/h4-9,11-18,25,27,57H,3,10,19-24H2,1-2H3. The van der Waals surface area contributed by atoms with Gasteiger partial charge in [-0.05, 0) is 66.3 Å². The second kappa shape index (κ2) is 17.4. The number of aliphatic hydroxyl groups is 1. The number of hydrogen-bond donors (Lipinski definition) is 1. The molecule has 0 saturated heterocycles. The Bertz CT molecular complexity index is 1730. The molecule has 326 valence electrons. The molecule has 0 amide bonds. The molecule has 1 N–H and O–H groups in total. The van der Waals surface area contributed by atoms with Crippen molar-refractivity contribution in [1.82, 2.24) is 0 Å². The number of alkyl halides is 17. The first-order valence-corrected chi connectivity index (χ1v) is 17.7. The van der Waals surface area contributed by atoms with Gasteiger partial charge in [-0.2, -0.15) is 74.6 Å². The van der Waals surface area contributed by atoms with Crippen LogP contribution in [-0.2, 0) is 5.41 Å². The van der Waals surface area contributed by atoms with Crippen LogP contribution in [0, 0.1) is 5.92 Å². The number of ether oxygens (including phenoxy) is 1. The normalized spacial score (nSPS) is 16.1. The average molecular weight is 863 g/mol. The lowest BCUT2D eigenvalue weighted by Crippen LogP contribution is -2.74. The zero-order chi connectivity index (χ0) is 44.2. The van der Waals surface area contributed by atoms with E-state index in [0.29, 0.717) is 17.9 Å². The zero-order valence-corrected chi connectivity index (χ0v) is 30.7. The van der Waals surface area contributed by atoms with E-state index in [-0.39, 0.29) is 24.7 Å². The molecule has 3 unspecified atom stereocenters. The minimum absolute atomic E-state index is 0.0190. The van der Waals surface area contributed by atoms with Crippen molar-refractivity contribution in [2.24, 2.45) is 5.92 Å². The van der Waals surface area contributed by atoms with Crippen molar-refractivity contribution in [3.05, 3.63) is 102 Å². The summed E-state index contributed by atoms with van der Waals surface area (Å²) in [5.74, 6) is -56.4. The summed E-state index contributed by atoms with van der Waals surface area (Å²) in [6.45, 7) is 2.83. The van der Waals surface area contributed by atoms with Crippen LogP contribution in [-0.4, -0.2) is 66.0 Å². The van der Waals surface area contributed by atoms with Crippen molar-refractivity contribution >= 4 is 0 Å². The van der Waals surface area contributed by atoms with Crippen molar-refractivity contribution in [3.63, 3.8) is 0 Å². The third-order valence-electron chi connectivity index (χ3n) is 10.2. The topological polar surface area (TPSA) is 29.5 Å². The van der Waals surface area contributed by atoms with Crippen LogP contribution in [0.25, 0.3) is 0 Å². The van der Waals surface area contributed by atoms with Crippen molar-refractivity contribution < 1.29 is 84.5 Å². The van der Waals surface area contributed by atoms with Crippen LogP contribution in [0.1, 0.15) is 75.0 Å². The number of hydrogen-bond acceptors (Lipinski definition) is 2. The van der Waals surface area contributed by atoms with Crippen LogP contribution in [0.2, 0.25) is 0 Å². The van der Waals surface area contributed by atoms with Gasteiger partial charge in [0, 0.05) is 18.4 Å². The minimum atomic E-state index is -8.66. The van der Waals surface area contributed by atoms with E-state index in [9.17, 15) is 79.7 Å². The fourth-order valence-corrected chi connectivity index (χ4v) is 6.58. The van der Waals surface area contributed by atoms with E-state index >= 15 is 0 Å². The van der Waals surface area contributed by atoms with E-state index in [0.717, 1.165) is 24.0 Å². The molecular formula is C39H39F17O2. The van der Waals surface area contributed by atoms with Gasteiger partial charge >= 0.3 is 47.6 Å². The molecule has 0 aliphatic rings. The molecule has 58 heavy (non-hydrogen) atoms. The molecule has 0 aliphatic heterocycles. The van der Waals surface area contributed by atoms with Gasteiger partial charge in [-0.15, -0.1) is 0 Å². The van der Waals surface area contributed by atoms with Gasteiger partial charge in [0.25, 0.3) is 0 Å². The van der Waals surface area contributed by atoms with Gasteiger partial charge in [0.05, 0.1) is 6.61 Å². The summed E-state index contributed by atoms with van der Waals surface area (Å²) in [5, 5.41) is 10.3. The lowest BCUT2D eigenvalue weighted by molar-refractivity contribution is -0.461. The van der Waals surface area contributed by atoms with Gasteiger partial charge in [0.2, 0.25) is 0 Å². The first-order valence-electron chi connectivity index (χ1n) is 17.7. The van der Waals surface area contributed by atoms with Gasteiger partial charge in [-0.3, -0.25) is 0 Å². The molecule has 0 aromatic heterocycles. The molecule has 2 nitrogen and oxygen atoms in total. The Labute approximate surface area is 322 Å². The van der Waals surface area contributed by atoms with Gasteiger partial charge < -0.3 is 9.84 Å². The second-order valence-corrected chi connectivity index (χ2v) is 14.1. The maximum Gasteiger partial charge on any atom is 0.460 e. The number of halogens is 17. The maximum absolute atomic E-state index is 14.4. The van der Waals surface area contributed by atoms with E-state index < -0.39 is 72.5 Å². The van der Waals surface area contributed by atoms with E-state index in [1.54, 1.807) is 30.3 Å². The summed E-state index contributed by atoms with van der Waals surface area (Å²) in [5.41, 5.74) is 1.67. The Morgan fingerprint density at radius 2 is 1.00 bits per heavy atom. The molecule has 0 saturated carbocycles. The monoisotopic (exact) mass is 862 g/mol. The largest absolute Gasteiger partial charge is 0.494 e. The third-order valence-corrected chi connectivity index (χ3v) is 10.2. The second-order valence-electron chi connectivity index (χ2n) is 14.1. The highest BCUT2D eigenvalue weighted by Crippen LogP contribution is 2.64. The Morgan fingerprint density at radius 3 is 1.47 bits per heavy atom. The Balaban J connectivity index is 1.85. The summed E-state index contributed by atoms with van der Waals surface area (Å²) in [7, 11) is 0. The van der Waals surface area contributed by atoms with E-state index in [2.05, 4.69) is 6.92 Å². The lowest BCUT2D eigenvalue weighted by Gasteiger charge is -2.42. The summed E-state index contributed by atoms with van der Waals surface area (Å²) >= 11 is 0. The highest BCUT2D eigenvalue weighted by molar-refractivity contribution is 5.43. The summed E-state index contributed by atoms with van der Waals surface area (Å²) in [4.78, 5) is 0. The van der Waals surface area contributed by atoms with Crippen LogP contribution >= 0.6 is 0 Å². The molecule has 3 aromatic carbocycles. The van der Waals surface area contributed by atoms with E-state index in [4.69, 9.17) is 4.74 Å². The number of benzene rings is 3. The summed E-state index contributed by atoms with van der Waals surface area (Å²) in [6, 6.07) is 24.5. The molecule has 0 heterocycles. The Kier molecular flexibility index (Phi) is 14.6. The average Bonchev–Trinajstić information content (AvgIpc) is 3.15. The molecular weight excluding hydrogens is 823 g/mol. The van der Waals surface area contributed by atoms with Crippen molar-refractivity contribution in [1.29, 1.82) is 0 Å². The number of aliphatic hydroxyl groups excluding tert-OH is 1. The first-order chi connectivity index (χ1) is 26.5. The molecule has 19 heteroatoms. The molecule has 0 bridgehead atoms. The fourth-order valence-electron chi connectivity index (χ4n) is 6.58. The van der Waals surface area contributed by atoms with Crippen LogP contribution in [0.5, 0.6) is 5.75 Å². The molecule has 3 atom stereocenters. The third kappa shape index (κ3) is 8.88. The van der Waals surface area contributed by atoms with Gasteiger partial charge in [0.1, 0.15) is 5.75 Å². The minimum Gasteiger partial charge on any atom is -0.494 e. The number of rotatable bonds is 21. The van der Waals surface area contributed by atoms with E-state index in [1.165, 1.54) is 12.1 Å².